The average Bonchev–Trinajstić information content (AvgIpc) is 2.27. The second-order valence-corrected chi connectivity index (χ2v) is 2.76. The molecule has 0 spiro atoms. The Morgan fingerprint density at radius 2 is 2.33 bits per heavy atom. The van der Waals surface area contributed by atoms with Gasteiger partial charge in [-0.25, -0.2) is 4.98 Å². The van der Waals surface area contributed by atoms with Crippen molar-refractivity contribution in [3.05, 3.63) is 23.5 Å². The van der Waals surface area contributed by atoms with Gasteiger partial charge < -0.3 is 15.6 Å². The van der Waals surface area contributed by atoms with Crippen LogP contribution in [0.25, 0.3) is 0 Å². The largest absolute Gasteiger partial charge is 0.495 e. The van der Waals surface area contributed by atoms with Crippen LogP contribution >= 0.6 is 0 Å². The monoisotopic (exact) mass is 210 g/mol. The van der Waals surface area contributed by atoms with Gasteiger partial charge >= 0.3 is 5.97 Å². The van der Waals surface area contributed by atoms with Crippen LogP contribution < -0.4 is 10.5 Å². The molecule has 6 nitrogen and oxygen atoms in total. The van der Waals surface area contributed by atoms with Crippen molar-refractivity contribution in [2.24, 2.45) is 5.73 Å². The fraction of sp³-hybridized carbons (Fsp3) is 0.222. The van der Waals surface area contributed by atoms with Crippen molar-refractivity contribution in [3.63, 3.8) is 0 Å². The lowest BCUT2D eigenvalue weighted by Gasteiger charge is -2.10. The van der Waals surface area contributed by atoms with Crippen LogP contribution in [0.15, 0.2) is 12.1 Å². The minimum atomic E-state index is -1.31. The van der Waals surface area contributed by atoms with E-state index in [4.69, 9.17) is 15.6 Å². The Bertz CT molecular complexity index is 392. The molecule has 0 aliphatic rings. The Morgan fingerprint density at radius 3 is 2.80 bits per heavy atom. The summed E-state index contributed by atoms with van der Waals surface area (Å²) in [6, 6.07) is 1.57. The molecule has 1 aromatic heterocycles. The SMILES string of the molecule is COc1ccc(C=O)nc1[C@H](N)C(=O)O. The molecule has 6 heteroatoms. The molecule has 3 N–H and O–H groups in total. The van der Waals surface area contributed by atoms with Gasteiger partial charge in [-0.1, -0.05) is 0 Å². The van der Waals surface area contributed by atoms with E-state index in [9.17, 15) is 9.59 Å². The van der Waals surface area contributed by atoms with Crippen LogP contribution in [0.2, 0.25) is 0 Å². The third kappa shape index (κ3) is 2.29. The molecule has 1 aromatic rings. The number of carboxylic acid groups (broad SMARTS) is 1. The summed E-state index contributed by atoms with van der Waals surface area (Å²) in [5.41, 5.74) is 5.53. The molecule has 1 rings (SSSR count). The van der Waals surface area contributed by atoms with Crippen molar-refractivity contribution in [2.45, 2.75) is 6.04 Å². The molecule has 0 aliphatic carbocycles. The number of aromatic nitrogens is 1. The number of nitrogens with zero attached hydrogens (tertiary/aromatic N) is 1. The van der Waals surface area contributed by atoms with Crippen LogP contribution in [-0.2, 0) is 4.79 Å². The van der Waals surface area contributed by atoms with Crippen molar-refractivity contribution in [1.29, 1.82) is 0 Å². The molecule has 1 heterocycles. The van der Waals surface area contributed by atoms with E-state index in [1.54, 1.807) is 0 Å². The number of aliphatic carboxylic acids is 1. The highest BCUT2D eigenvalue weighted by Crippen LogP contribution is 2.21. The summed E-state index contributed by atoms with van der Waals surface area (Å²) in [5.74, 6) is -0.987. The van der Waals surface area contributed by atoms with Gasteiger partial charge in [-0.3, -0.25) is 9.59 Å². The van der Waals surface area contributed by atoms with Crippen molar-refractivity contribution in [2.75, 3.05) is 7.11 Å². The summed E-state index contributed by atoms with van der Waals surface area (Å²) in [4.78, 5) is 24.9. The Labute approximate surface area is 85.7 Å². The standard InChI is InChI=1S/C9H10N2O4/c1-15-6-3-2-5(4-12)11-8(6)7(10)9(13)14/h2-4,7H,10H2,1H3,(H,13,14)/t7-/m0/s1. The molecule has 0 aromatic carbocycles. The van der Waals surface area contributed by atoms with Gasteiger partial charge in [-0.2, -0.15) is 0 Å². The van der Waals surface area contributed by atoms with Crippen molar-refractivity contribution < 1.29 is 19.4 Å². The first kappa shape index (κ1) is 11.1. The van der Waals surface area contributed by atoms with Gasteiger partial charge in [0, 0.05) is 0 Å². The normalized spacial score (nSPS) is 11.9. The van der Waals surface area contributed by atoms with E-state index in [-0.39, 0.29) is 17.1 Å². The summed E-state index contributed by atoms with van der Waals surface area (Å²) in [6.07, 6.45) is 0.511. The molecule has 0 saturated carbocycles. The third-order valence-electron chi connectivity index (χ3n) is 1.81. The lowest BCUT2D eigenvalue weighted by atomic mass is 10.1. The maximum atomic E-state index is 10.7. The van der Waals surface area contributed by atoms with Gasteiger partial charge in [0.15, 0.2) is 6.29 Å². The van der Waals surface area contributed by atoms with E-state index in [0.29, 0.717) is 6.29 Å². The van der Waals surface area contributed by atoms with Crippen LogP contribution in [0.5, 0.6) is 5.75 Å². The smallest absolute Gasteiger partial charge is 0.326 e. The number of hydrogen-bond donors (Lipinski definition) is 2. The highest BCUT2D eigenvalue weighted by atomic mass is 16.5. The van der Waals surface area contributed by atoms with Gasteiger partial charge in [-0.05, 0) is 12.1 Å². The molecule has 0 amide bonds. The fourth-order valence-electron chi connectivity index (χ4n) is 1.06. The molecule has 0 bridgehead atoms. The van der Waals surface area contributed by atoms with Gasteiger partial charge in [0.25, 0.3) is 0 Å². The number of hydrogen-bond acceptors (Lipinski definition) is 5. The minimum Gasteiger partial charge on any atom is -0.495 e. The molecule has 0 unspecified atom stereocenters. The molecule has 1 atom stereocenters. The first-order valence-electron chi connectivity index (χ1n) is 4.08. The average molecular weight is 210 g/mol. The van der Waals surface area contributed by atoms with Crippen molar-refractivity contribution >= 4 is 12.3 Å². The Morgan fingerprint density at radius 1 is 1.67 bits per heavy atom. The van der Waals surface area contributed by atoms with Crippen molar-refractivity contribution in [3.8, 4) is 5.75 Å². The van der Waals surface area contributed by atoms with Gasteiger partial charge in [0.1, 0.15) is 23.2 Å². The summed E-state index contributed by atoms with van der Waals surface area (Å²) in [6.45, 7) is 0. The molecule has 15 heavy (non-hydrogen) atoms. The number of aldehydes is 1. The summed E-state index contributed by atoms with van der Waals surface area (Å²) < 4.78 is 4.89. The van der Waals surface area contributed by atoms with Crippen LogP contribution in [-0.4, -0.2) is 29.5 Å². The maximum absolute atomic E-state index is 10.7. The van der Waals surface area contributed by atoms with E-state index in [2.05, 4.69) is 4.98 Å². The second-order valence-electron chi connectivity index (χ2n) is 2.76. The maximum Gasteiger partial charge on any atom is 0.326 e. The molecule has 0 aliphatic heterocycles. The topological polar surface area (TPSA) is 103 Å². The number of carbonyl (C=O) groups is 2. The minimum absolute atomic E-state index is 0.0367. The number of rotatable bonds is 4. The van der Waals surface area contributed by atoms with Gasteiger partial charge in [-0.15, -0.1) is 0 Å². The number of ether oxygens (including phenoxy) is 1. The van der Waals surface area contributed by atoms with Crippen LogP contribution in [0.4, 0.5) is 0 Å². The Kier molecular flexibility index (Phi) is 3.35. The number of pyridine rings is 1. The lowest BCUT2D eigenvalue weighted by molar-refractivity contribution is -0.138. The van der Waals surface area contributed by atoms with E-state index in [1.165, 1.54) is 19.2 Å². The quantitative estimate of drug-likeness (QED) is 0.677. The van der Waals surface area contributed by atoms with Gasteiger partial charge in [0.05, 0.1) is 7.11 Å². The number of nitrogens with two attached hydrogens (primary N) is 1. The number of methoxy groups -OCH3 is 1. The number of carbonyl (C=O) groups excluding carboxylic acids is 1. The van der Waals surface area contributed by atoms with E-state index >= 15 is 0 Å². The highest BCUT2D eigenvalue weighted by Gasteiger charge is 2.20. The zero-order valence-corrected chi connectivity index (χ0v) is 8.01. The van der Waals surface area contributed by atoms with Crippen LogP contribution in [0.3, 0.4) is 0 Å². The second kappa shape index (κ2) is 4.52. The lowest BCUT2D eigenvalue weighted by Crippen LogP contribution is -2.23. The molecule has 0 fully saturated rings. The zero-order chi connectivity index (χ0) is 11.4. The molecule has 0 saturated heterocycles. The molecular formula is C9H10N2O4. The van der Waals surface area contributed by atoms with E-state index in [1.807, 2.05) is 0 Å². The highest BCUT2D eigenvalue weighted by molar-refractivity contribution is 5.77. The van der Waals surface area contributed by atoms with Crippen LogP contribution in [0, 0.1) is 0 Å². The first-order chi connectivity index (χ1) is 7.10. The molecule has 80 valence electrons. The summed E-state index contributed by atoms with van der Waals surface area (Å²) in [5, 5.41) is 8.71. The predicted octanol–water partition coefficient (Wildman–Crippen LogP) is -0.0129. The predicted molar refractivity (Wildman–Crippen MR) is 50.7 cm³/mol. The molecule has 0 radical (unpaired) electrons. The summed E-state index contributed by atoms with van der Waals surface area (Å²) >= 11 is 0. The fourth-order valence-corrected chi connectivity index (χ4v) is 1.06. The first-order valence-corrected chi connectivity index (χ1v) is 4.08. The zero-order valence-electron chi connectivity index (χ0n) is 8.01. The molecular weight excluding hydrogens is 200 g/mol. The van der Waals surface area contributed by atoms with Crippen LogP contribution in [0.1, 0.15) is 22.2 Å². The van der Waals surface area contributed by atoms with Crippen molar-refractivity contribution in [1.82, 2.24) is 4.98 Å². The van der Waals surface area contributed by atoms with E-state index in [0.717, 1.165) is 0 Å². The Hall–Kier alpha value is -1.95. The Balaban J connectivity index is 3.22. The third-order valence-corrected chi connectivity index (χ3v) is 1.81. The van der Waals surface area contributed by atoms with E-state index < -0.39 is 12.0 Å². The number of carboxylic acids is 1. The summed E-state index contributed by atoms with van der Waals surface area (Å²) in [7, 11) is 1.37. The van der Waals surface area contributed by atoms with Gasteiger partial charge in [0.2, 0.25) is 0 Å².